The molecule has 1 saturated carbocycles. The lowest BCUT2D eigenvalue weighted by Gasteiger charge is -2.17. The lowest BCUT2D eigenvalue weighted by Crippen LogP contribution is -2.35. The van der Waals surface area contributed by atoms with Crippen LogP contribution in [0.4, 0.5) is 0 Å². The van der Waals surface area contributed by atoms with Gasteiger partial charge in [-0.1, -0.05) is 49.0 Å². The van der Waals surface area contributed by atoms with Gasteiger partial charge < -0.3 is 14.6 Å². The molecule has 0 spiro atoms. The minimum Gasteiger partial charge on any atom is -0.483 e. The van der Waals surface area contributed by atoms with Crippen molar-refractivity contribution < 1.29 is 9.53 Å². The zero-order valence-corrected chi connectivity index (χ0v) is 20.5. The van der Waals surface area contributed by atoms with Crippen LogP contribution >= 0.6 is 23.4 Å². The maximum atomic E-state index is 12.4. The number of hydrogen-bond donors (Lipinski definition) is 1. The second-order valence-electron chi connectivity index (χ2n) is 8.26. The van der Waals surface area contributed by atoms with E-state index in [1.807, 2.05) is 44.4 Å². The molecule has 0 aliphatic heterocycles. The van der Waals surface area contributed by atoms with Gasteiger partial charge in [0.1, 0.15) is 5.75 Å². The summed E-state index contributed by atoms with van der Waals surface area (Å²) in [7, 11) is 0. The van der Waals surface area contributed by atoms with Crippen LogP contribution in [0.3, 0.4) is 0 Å². The molecule has 1 unspecified atom stereocenters. The molecule has 1 atom stereocenters. The Morgan fingerprint density at radius 1 is 1.23 bits per heavy atom. The molecule has 170 valence electrons. The quantitative estimate of drug-likeness (QED) is 0.404. The van der Waals surface area contributed by atoms with Gasteiger partial charge in [0.25, 0.3) is 0 Å². The third kappa shape index (κ3) is 6.39. The van der Waals surface area contributed by atoms with Crippen molar-refractivity contribution >= 4 is 29.3 Å². The van der Waals surface area contributed by atoms with E-state index in [0.29, 0.717) is 18.3 Å². The molecule has 1 N–H and O–H groups in total. The van der Waals surface area contributed by atoms with E-state index in [4.69, 9.17) is 16.3 Å². The molecule has 8 heteroatoms. The van der Waals surface area contributed by atoms with Crippen LogP contribution in [0, 0.1) is 13.8 Å². The Morgan fingerprint density at radius 3 is 2.48 bits per heavy atom. The molecule has 1 amide bonds. The van der Waals surface area contributed by atoms with Crippen molar-refractivity contribution in [3.8, 4) is 5.75 Å². The first-order chi connectivity index (χ1) is 14.9. The highest BCUT2D eigenvalue weighted by atomic mass is 35.5. The van der Waals surface area contributed by atoms with Crippen LogP contribution in [0.1, 0.15) is 75.4 Å². The highest BCUT2D eigenvalue weighted by Crippen LogP contribution is 2.29. The van der Waals surface area contributed by atoms with Gasteiger partial charge in [-0.2, -0.15) is 0 Å². The lowest BCUT2D eigenvalue weighted by molar-refractivity contribution is -0.119. The minimum atomic E-state index is -0.276. The summed E-state index contributed by atoms with van der Waals surface area (Å²) in [5, 5.41) is 13.4. The number of aryl methyl sites for hydroxylation is 2. The molecule has 0 radical (unpaired) electrons. The Kier molecular flexibility index (Phi) is 8.67. The number of nitrogens with zero attached hydrogens (tertiary/aromatic N) is 3. The number of halogens is 1. The van der Waals surface area contributed by atoms with Crippen molar-refractivity contribution in [2.24, 2.45) is 0 Å². The van der Waals surface area contributed by atoms with Crippen LogP contribution in [0.5, 0.6) is 5.75 Å². The van der Waals surface area contributed by atoms with Crippen LogP contribution in [0.15, 0.2) is 17.3 Å². The molecule has 0 saturated heterocycles. The summed E-state index contributed by atoms with van der Waals surface area (Å²) < 4.78 is 8.16. The SMILES string of the molecule is CCn1c(SCC(=O)NC2CCCCCC2)nnc1C(C)Oc1cc(C)c(Cl)c(C)c1. The molecule has 31 heavy (non-hydrogen) atoms. The summed E-state index contributed by atoms with van der Waals surface area (Å²) in [4.78, 5) is 12.4. The zero-order valence-electron chi connectivity index (χ0n) is 18.9. The van der Waals surface area contributed by atoms with Crippen molar-refractivity contribution in [1.29, 1.82) is 0 Å². The fraction of sp³-hybridized carbons (Fsp3) is 0.609. The molecule has 1 aromatic carbocycles. The van der Waals surface area contributed by atoms with E-state index in [0.717, 1.165) is 45.7 Å². The van der Waals surface area contributed by atoms with Crippen molar-refractivity contribution in [3.05, 3.63) is 34.1 Å². The number of amides is 1. The Balaban J connectivity index is 1.61. The average molecular weight is 465 g/mol. The summed E-state index contributed by atoms with van der Waals surface area (Å²) in [6.07, 6.45) is 6.86. The van der Waals surface area contributed by atoms with Gasteiger partial charge >= 0.3 is 0 Å². The molecular weight excluding hydrogens is 432 g/mol. The van der Waals surface area contributed by atoms with E-state index < -0.39 is 0 Å². The highest BCUT2D eigenvalue weighted by molar-refractivity contribution is 7.99. The first-order valence-corrected chi connectivity index (χ1v) is 12.5. The molecule has 1 aromatic heterocycles. The van der Waals surface area contributed by atoms with Crippen LogP contribution in [-0.4, -0.2) is 32.5 Å². The fourth-order valence-corrected chi connectivity index (χ4v) is 4.99. The zero-order chi connectivity index (χ0) is 22.4. The first kappa shape index (κ1) is 23.9. The molecule has 2 aromatic rings. The van der Waals surface area contributed by atoms with Crippen molar-refractivity contribution in [2.75, 3.05) is 5.75 Å². The second kappa shape index (κ2) is 11.2. The Labute approximate surface area is 194 Å². The van der Waals surface area contributed by atoms with Crippen LogP contribution < -0.4 is 10.1 Å². The normalized spacial score (nSPS) is 16.0. The van der Waals surface area contributed by atoms with Crippen molar-refractivity contribution in [1.82, 2.24) is 20.1 Å². The van der Waals surface area contributed by atoms with Crippen LogP contribution in [0.2, 0.25) is 5.02 Å². The number of rotatable bonds is 8. The molecule has 6 nitrogen and oxygen atoms in total. The summed E-state index contributed by atoms with van der Waals surface area (Å²) in [6, 6.07) is 4.19. The van der Waals surface area contributed by atoms with Gasteiger partial charge in [0.15, 0.2) is 17.1 Å². The summed E-state index contributed by atoms with van der Waals surface area (Å²) >= 11 is 7.70. The van der Waals surface area contributed by atoms with Gasteiger partial charge in [-0.15, -0.1) is 10.2 Å². The highest BCUT2D eigenvalue weighted by Gasteiger charge is 2.21. The van der Waals surface area contributed by atoms with E-state index in [-0.39, 0.29) is 12.0 Å². The number of carbonyl (C=O) groups is 1. The molecule has 1 fully saturated rings. The number of ether oxygens (including phenoxy) is 1. The number of benzene rings is 1. The van der Waals surface area contributed by atoms with E-state index in [1.165, 1.54) is 37.4 Å². The third-order valence-corrected chi connectivity index (χ3v) is 7.26. The fourth-order valence-electron chi connectivity index (χ4n) is 4.06. The van der Waals surface area contributed by atoms with E-state index in [2.05, 4.69) is 15.5 Å². The largest absolute Gasteiger partial charge is 0.483 e. The Hall–Kier alpha value is -1.73. The van der Waals surface area contributed by atoms with Gasteiger partial charge in [0.2, 0.25) is 5.91 Å². The standard InChI is InChI=1S/C23H33ClN4O2S/c1-5-28-22(17(4)30-19-12-15(2)21(24)16(3)13-19)26-27-23(28)31-14-20(29)25-18-10-8-6-7-9-11-18/h12-13,17-18H,5-11,14H2,1-4H3,(H,25,29). The predicted molar refractivity (Wildman–Crippen MR) is 126 cm³/mol. The molecule has 3 rings (SSSR count). The second-order valence-corrected chi connectivity index (χ2v) is 9.58. The number of nitrogens with one attached hydrogen (secondary N) is 1. The van der Waals surface area contributed by atoms with E-state index in [9.17, 15) is 4.79 Å². The van der Waals surface area contributed by atoms with Gasteiger partial charge in [-0.25, -0.2) is 0 Å². The number of aromatic nitrogens is 3. The van der Waals surface area contributed by atoms with Crippen LogP contribution in [-0.2, 0) is 11.3 Å². The monoisotopic (exact) mass is 464 g/mol. The maximum absolute atomic E-state index is 12.4. The number of carbonyl (C=O) groups excluding carboxylic acids is 1. The smallest absolute Gasteiger partial charge is 0.230 e. The first-order valence-electron chi connectivity index (χ1n) is 11.2. The topological polar surface area (TPSA) is 69.0 Å². The molecule has 1 aliphatic rings. The van der Waals surface area contributed by atoms with E-state index in [1.54, 1.807) is 0 Å². The summed E-state index contributed by atoms with van der Waals surface area (Å²) in [5.74, 6) is 1.92. The van der Waals surface area contributed by atoms with Gasteiger partial charge in [-0.05, 0) is 63.8 Å². The maximum Gasteiger partial charge on any atom is 0.230 e. The average Bonchev–Trinajstić information content (AvgIpc) is 2.98. The predicted octanol–water partition coefficient (Wildman–Crippen LogP) is 5.64. The van der Waals surface area contributed by atoms with Crippen molar-refractivity contribution in [2.45, 2.75) is 90.1 Å². The Bertz CT molecular complexity index is 871. The molecule has 1 heterocycles. The molecule has 0 bridgehead atoms. The number of thioether (sulfide) groups is 1. The Morgan fingerprint density at radius 2 is 1.87 bits per heavy atom. The van der Waals surface area contributed by atoms with Gasteiger partial charge in [0, 0.05) is 17.6 Å². The van der Waals surface area contributed by atoms with Crippen LogP contribution in [0.25, 0.3) is 0 Å². The lowest BCUT2D eigenvalue weighted by atomic mass is 10.1. The molecule has 1 aliphatic carbocycles. The van der Waals surface area contributed by atoms with E-state index >= 15 is 0 Å². The van der Waals surface area contributed by atoms with Gasteiger partial charge in [0.05, 0.1) is 5.75 Å². The number of hydrogen-bond acceptors (Lipinski definition) is 5. The van der Waals surface area contributed by atoms with Gasteiger partial charge in [-0.3, -0.25) is 4.79 Å². The summed E-state index contributed by atoms with van der Waals surface area (Å²) in [6.45, 7) is 8.66. The molecular formula is C23H33ClN4O2S. The third-order valence-electron chi connectivity index (χ3n) is 5.70. The van der Waals surface area contributed by atoms with Crippen molar-refractivity contribution in [3.63, 3.8) is 0 Å². The minimum absolute atomic E-state index is 0.0699. The summed E-state index contributed by atoms with van der Waals surface area (Å²) in [5.41, 5.74) is 1.97.